The Morgan fingerprint density at radius 1 is 1.40 bits per heavy atom. The number of ether oxygens (including phenoxy) is 1. The molecule has 1 heterocycles. The van der Waals surface area contributed by atoms with E-state index in [1.165, 1.54) is 15.9 Å². The molecule has 1 atom stereocenters. The van der Waals surface area contributed by atoms with Crippen LogP contribution >= 0.6 is 27.5 Å². The molecule has 0 unspecified atom stereocenters. The molecule has 0 aromatic heterocycles. The molecule has 0 bridgehead atoms. The predicted molar refractivity (Wildman–Crippen MR) is 97.4 cm³/mol. The fourth-order valence-electron chi connectivity index (χ4n) is 2.58. The molecule has 2 amide bonds. The molecule has 1 saturated heterocycles. The van der Waals surface area contributed by atoms with Gasteiger partial charge in [0.1, 0.15) is 11.4 Å². The third-order valence-corrected chi connectivity index (χ3v) is 5.12. The molecule has 138 valence electrons. The van der Waals surface area contributed by atoms with Crippen molar-refractivity contribution in [2.24, 2.45) is 0 Å². The standard InChI is InChI=1S/C17H21BrClFN2O3/c1-17(2,3)25-16(24)21(4)10-5-6-22(9-10)15(23)11-7-12(18)13(19)8-14(11)20/h7-8,10H,5-6,9H2,1-4H3/t10-/m1/s1. The number of carbonyl (C=O) groups excluding carboxylic acids is 2. The zero-order valence-corrected chi connectivity index (χ0v) is 16.9. The van der Waals surface area contributed by atoms with Crippen molar-refractivity contribution >= 4 is 39.5 Å². The first-order valence-corrected chi connectivity index (χ1v) is 9.06. The lowest BCUT2D eigenvalue weighted by molar-refractivity contribution is 0.0226. The van der Waals surface area contributed by atoms with Gasteiger partial charge in [-0.1, -0.05) is 11.6 Å². The molecular weight excluding hydrogens is 415 g/mol. The maximum atomic E-state index is 14.1. The Labute approximate surface area is 160 Å². The van der Waals surface area contributed by atoms with Crippen molar-refractivity contribution < 1.29 is 18.7 Å². The topological polar surface area (TPSA) is 49.9 Å². The zero-order chi connectivity index (χ0) is 18.9. The van der Waals surface area contributed by atoms with Crippen LogP contribution in [0.5, 0.6) is 0 Å². The number of likely N-dealkylation sites (N-methyl/N-ethyl adjacent to an activating group) is 1. The molecule has 25 heavy (non-hydrogen) atoms. The first kappa shape index (κ1) is 20.0. The highest BCUT2D eigenvalue weighted by molar-refractivity contribution is 9.10. The van der Waals surface area contributed by atoms with Crippen molar-refractivity contribution in [3.05, 3.63) is 33.0 Å². The van der Waals surface area contributed by atoms with Gasteiger partial charge < -0.3 is 14.5 Å². The summed E-state index contributed by atoms with van der Waals surface area (Å²) in [5.74, 6) is -1.09. The zero-order valence-electron chi connectivity index (χ0n) is 14.6. The number of hydrogen-bond donors (Lipinski definition) is 0. The van der Waals surface area contributed by atoms with E-state index in [1.807, 2.05) is 0 Å². The molecule has 5 nitrogen and oxygen atoms in total. The quantitative estimate of drug-likeness (QED) is 0.650. The van der Waals surface area contributed by atoms with E-state index in [2.05, 4.69) is 15.9 Å². The van der Waals surface area contributed by atoms with Crippen LogP contribution in [0.2, 0.25) is 5.02 Å². The Bertz CT molecular complexity index is 693. The third-order valence-electron chi connectivity index (χ3n) is 3.92. The number of likely N-dealkylation sites (tertiary alicyclic amines) is 1. The summed E-state index contributed by atoms with van der Waals surface area (Å²) in [5.41, 5.74) is -0.630. The van der Waals surface area contributed by atoms with E-state index in [-0.39, 0.29) is 16.6 Å². The number of rotatable bonds is 2. The summed E-state index contributed by atoms with van der Waals surface area (Å²) in [6.07, 6.45) is 0.171. The van der Waals surface area contributed by atoms with Gasteiger partial charge in [-0.3, -0.25) is 4.79 Å². The second-order valence-corrected chi connectivity index (χ2v) is 8.29. The van der Waals surface area contributed by atoms with E-state index in [1.54, 1.807) is 27.8 Å². The van der Waals surface area contributed by atoms with Crippen LogP contribution in [-0.4, -0.2) is 53.6 Å². The van der Waals surface area contributed by atoms with Crippen LogP contribution in [-0.2, 0) is 4.74 Å². The monoisotopic (exact) mass is 434 g/mol. The van der Waals surface area contributed by atoms with Crippen LogP contribution < -0.4 is 0 Å². The van der Waals surface area contributed by atoms with Gasteiger partial charge in [0.15, 0.2) is 0 Å². The van der Waals surface area contributed by atoms with E-state index in [0.29, 0.717) is 24.0 Å². The van der Waals surface area contributed by atoms with Gasteiger partial charge in [0, 0.05) is 24.6 Å². The molecule has 1 aliphatic heterocycles. The Morgan fingerprint density at radius 3 is 2.64 bits per heavy atom. The van der Waals surface area contributed by atoms with Crippen LogP contribution in [0.15, 0.2) is 16.6 Å². The smallest absolute Gasteiger partial charge is 0.410 e. The van der Waals surface area contributed by atoms with E-state index < -0.39 is 23.4 Å². The number of amides is 2. The van der Waals surface area contributed by atoms with Crippen molar-refractivity contribution in [1.29, 1.82) is 0 Å². The lowest BCUT2D eigenvalue weighted by atomic mass is 10.2. The summed E-state index contributed by atoms with van der Waals surface area (Å²) in [6.45, 7) is 6.16. The number of halogens is 3. The Kier molecular flexibility index (Phi) is 5.99. The maximum Gasteiger partial charge on any atom is 0.410 e. The molecule has 1 fully saturated rings. The van der Waals surface area contributed by atoms with Gasteiger partial charge in [-0.05, 0) is 55.3 Å². The minimum Gasteiger partial charge on any atom is -0.444 e. The van der Waals surface area contributed by atoms with Crippen molar-refractivity contribution in [2.75, 3.05) is 20.1 Å². The molecular formula is C17H21BrClFN2O3. The third kappa shape index (κ3) is 4.85. The molecule has 0 aliphatic carbocycles. The van der Waals surface area contributed by atoms with Gasteiger partial charge in [0.2, 0.25) is 0 Å². The summed E-state index contributed by atoms with van der Waals surface area (Å²) in [7, 11) is 1.65. The van der Waals surface area contributed by atoms with Crippen LogP contribution in [0.4, 0.5) is 9.18 Å². The first-order chi connectivity index (χ1) is 11.5. The number of carbonyl (C=O) groups is 2. The molecule has 0 saturated carbocycles. The van der Waals surface area contributed by atoms with E-state index in [4.69, 9.17) is 16.3 Å². The molecule has 1 aromatic rings. The van der Waals surface area contributed by atoms with Gasteiger partial charge in [0.25, 0.3) is 5.91 Å². The number of hydrogen-bond acceptors (Lipinski definition) is 3. The summed E-state index contributed by atoms with van der Waals surface area (Å²) in [5, 5.41) is 0.206. The highest BCUT2D eigenvalue weighted by Crippen LogP contribution is 2.27. The van der Waals surface area contributed by atoms with Crippen LogP contribution in [0.3, 0.4) is 0 Å². The predicted octanol–water partition coefficient (Wildman–Crippen LogP) is 4.32. The lowest BCUT2D eigenvalue weighted by Crippen LogP contribution is -2.42. The molecule has 0 spiro atoms. The van der Waals surface area contributed by atoms with Crippen molar-refractivity contribution in [2.45, 2.75) is 38.8 Å². The van der Waals surface area contributed by atoms with Gasteiger partial charge in [0.05, 0.1) is 16.6 Å². The van der Waals surface area contributed by atoms with E-state index >= 15 is 0 Å². The highest BCUT2D eigenvalue weighted by atomic mass is 79.9. The molecule has 1 aromatic carbocycles. The fraction of sp³-hybridized carbons (Fsp3) is 0.529. The van der Waals surface area contributed by atoms with Crippen molar-refractivity contribution in [1.82, 2.24) is 9.80 Å². The normalized spacial score (nSPS) is 17.6. The van der Waals surface area contributed by atoms with E-state index in [9.17, 15) is 14.0 Å². The molecule has 0 N–H and O–H groups in total. The minimum absolute atomic E-state index is 0.0446. The highest BCUT2D eigenvalue weighted by Gasteiger charge is 2.34. The molecule has 2 rings (SSSR count). The Balaban J connectivity index is 2.06. The van der Waals surface area contributed by atoms with Crippen LogP contribution in [0.25, 0.3) is 0 Å². The second kappa shape index (κ2) is 7.50. The van der Waals surface area contributed by atoms with Crippen LogP contribution in [0.1, 0.15) is 37.6 Å². The summed E-state index contributed by atoms with van der Waals surface area (Å²) in [6, 6.07) is 2.32. The van der Waals surface area contributed by atoms with Crippen molar-refractivity contribution in [3.8, 4) is 0 Å². The van der Waals surface area contributed by atoms with Gasteiger partial charge in [-0.2, -0.15) is 0 Å². The molecule has 1 aliphatic rings. The summed E-state index contributed by atoms with van der Waals surface area (Å²) in [4.78, 5) is 27.8. The summed E-state index contributed by atoms with van der Waals surface area (Å²) >= 11 is 9.03. The molecule has 8 heteroatoms. The average Bonchev–Trinajstić information content (AvgIpc) is 2.97. The largest absolute Gasteiger partial charge is 0.444 e. The Hall–Kier alpha value is -1.34. The molecule has 0 radical (unpaired) electrons. The number of nitrogens with zero attached hydrogens (tertiary/aromatic N) is 2. The van der Waals surface area contributed by atoms with Crippen LogP contribution in [0, 0.1) is 5.82 Å². The minimum atomic E-state index is -0.665. The number of benzene rings is 1. The van der Waals surface area contributed by atoms with Gasteiger partial charge in [-0.15, -0.1) is 0 Å². The Morgan fingerprint density at radius 2 is 2.04 bits per heavy atom. The lowest BCUT2D eigenvalue weighted by Gasteiger charge is -2.28. The maximum absolute atomic E-state index is 14.1. The fourth-order valence-corrected chi connectivity index (χ4v) is 3.08. The SMILES string of the molecule is CN(C(=O)OC(C)(C)C)[C@@H]1CCN(C(=O)c2cc(Br)c(Cl)cc2F)C1. The first-order valence-electron chi connectivity index (χ1n) is 7.89. The van der Waals surface area contributed by atoms with Gasteiger partial charge in [-0.25, -0.2) is 9.18 Å². The van der Waals surface area contributed by atoms with E-state index in [0.717, 1.165) is 6.07 Å². The van der Waals surface area contributed by atoms with Gasteiger partial charge >= 0.3 is 6.09 Å². The summed E-state index contributed by atoms with van der Waals surface area (Å²) < 4.78 is 19.9. The van der Waals surface area contributed by atoms with Crippen molar-refractivity contribution in [3.63, 3.8) is 0 Å². The second-order valence-electron chi connectivity index (χ2n) is 7.03. The average molecular weight is 436 g/mol.